The number of amides is 1. The second-order valence-electron chi connectivity index (χ2n) is 5.40. The van der Waals surface area contributed by atoms with Gasteiger partial charge in [0.1, 0.15) is 0 Å². The molecule has 2 aliphatic rings. The molecule has 3 N–H and O–H groups in total. The first-order valence-corrected chi connectivity index (χ1v) is 7.08. The van der Waals surface area contributed by atoms with Crippen molar-refractivity contribution in [3.05, 3.63) is 24.0 Å². The zero-order chi connectivity index (χ0) is 13.9. The van der Waals surface area contributed by atoms with Crippen molar-refractivity contribution in [2.75, 3.05) is 32.0 Å². The highest BCUT2D eigenvalue weighted by atomic mass is 16.5. The molecule has 20 heavy (non-hydrogen) atoms. The Kier molecular flexibility index (Phi) is 3.84. The van der Waals surface area contributed by atoms with Crippen molar-refractivity contribution in [1.82, 2.24) is 15.2 Å². The minimum Gasteiger partial charge on any atom is -0.397 e. The molecule has 2 unspecified atom stereocenters. The summed E-state index contributed by atoms with van der Waals surface area (Å²) < 4.78 is 5.80. The first-order chi connectivity index (χ1) is 9.74. The van der Waals surface area contributed by atoms with Crippen molar-refractivity contribution in [2.24, 2.45) is 0 Å². The number of ether oxygens (including phenoxy) is 1. The monoisotopic (exact) mass is 276 g/mol. The van der Waals surface area contributed by atoms with Crippen molar-refractivity contribution in [1.29, 1.82) is 0 Å². The quantitative estimate of drug-likeness (QED) is 0.827. The Labute approximate surface area is 118 Å². The predicted octanol–water partition coefficient (Wildman–Crippen LogP) is 0.257. The molecule has 3 heterocycles. The minimum absolute atomic E-state index is 0.0539. The second-order valence-corrected chi connectivity index (χ2v) is 5.40. The fourth-order valence-electron chi connectivity index (χ4n) is 2.91. The highest BCUT2D eigenvalue weighted by Gasteiger charge is 2.32. The van der Waals surface area contributed by atoms with Crippen LogP contribution in [-0.4, -0.2) is 54.2 Å². The van der Waals surface area contributed by atoms with Crippen molar-refractivity contribution in [3.8, 4) is 0 Å². The van der Waals surface area contributed by atoms with Crippen LogP contribution in [0.1, 0.15) is 23.3 Å². The standard InChI is InChI=1S/C14H20N4O2/c15-12-4-1-5-16-13(12)14(19)17-7-11-8-18-6-2-3-10(18)9-20-11/h1,4-5,10-11H,2-3,6-9,15H2,(H,17,19). The zero-order valence-corrected chi connectivity index (χ0v) is 11.4. The lowest BCUT2D eigenvalue weighted by Crippen LogP contribution is -2.50. The average molecular weight is 276 g/mol. The van der Waals surface area contributed by atoms with Gasteiger partial charge in [-0.05, 0) is 31.5 Å². The number of aromatic nitrogens is 1. The number of nitrogens with zero attached hydrogens (tertiary/aromatic N) is 2. The molecular formula is C14H20N4O2. The Balaban J connectivity index is 1.52. The van der Waals surface area contributed by atoms with Gasteiger partial charge in [0.2, 0.25) is 0 Å². The lowest BCUT2D eigenvalue weighted by atomic mass is 10.2. The van der Waals surface area contributed by atoms with Crippen LogP contribution >= 0.6 is 0 Å². The smallest absolute Gasteiger partial charge is 0.272 e. The fraction of sp³-hybridized carbons (Fsp3) is 0.571. The highest BCUT2D eigenvalue weighted by Crippen LogP contribution is 2.22. The van der Waals surface area contributed by atoms with Gasteiger partial charge >= 0.3 is 0 Å². The van der Waals surface area contributed by atoms with Gasteiger partial charge in [-0.15, -0.1) is 0 Å². The van der Waals surface area contributed by atoms with E-state index in [-0.39, 0.29) is 17.7 Å². The van der Waals surface area contributed by atoms with Crippen LogP contribution in [0.2, 0.25) is 0 Å². The van der Waals surface area contributed by atoms with Crippen molar-refractivity contribution in [3.63, 3.8) is 0 Å². The maximum atomic E-state index is 12.0. The van der Waals surface area contributed by atoms with Crippen LogP contribution in [0, 0.1) is 0 Å². The number of anilines is 1. The Hall–Kier alpha value is -1.66. The van der Waals surface area contributed by atoms with Gasteiger partial charge in [0.05, 0.1) is 18.4 Å². The van der Waals surface area contributed by atoms with Gasteiger partial charge in [-0.3, -0.25) is 9.69 Å². The Morgan fingerprint density at radius 3 is 3.35 bits per heavy atom. The lowest BCUT2D eigenvalue weighted by Gasteiger charge is -2.35. The summed E-state index contributed by atoms with van der Waals surface area (Å²) in [6.45, 7) is 3.30. The molecule has 0 radical (unpaired) electrons. The summed E-state index contributed by atoms with van der Waals surface area (Å²) in [5, 5.41) is 2.86. The molecule has 6 heteroatoms. The summed E-state index contributed by atoms with van der Waals surface area (Å²) in [6.07, 6.45) is 4.09. The maximum Gasteiger partial charge on any atom is 0.272 e. The van der Waals surface area contributed by atoms with Gasteiger partial charge in [0.15, 0.2) is 5.69 Å². The molecule has 1 aromatic rings. The summed E-state index contributed by atoms with van der Waals surface area (Å²) in [4.78, 5) is 18.5. The van der Waals surface area contributed by atoms with E-state index in [0.29, 0.717) is 18.3 Å². The van der Waals surface area contributed by atoms with Gasteiger partial charge in [-0.1, -0.05) is 0 Å². The Morgan fingerprint density at radius 2 is 2.50 bits per heavy atom. The number of nitrogens with two attached hydrogens (primary N) is 1. The molecule has 2 atom stereocenters. The number of hydrogen-bond donors (Lipinski definition) is 2. The molecule has 108 valence electrons. The largest absolute Gasteiger partial charge is 0.397 e. The van der Waals surface area contributed by atoms with E-state index in [0.717, 1.165) is 19.7 Å². The molecule has 6 nitrogen and oxygen atoms in total. The summed E-state index contributed by atoms with van der Waals surface area (Å²) in [7, 11) is 0. The van der Waals surface area contributed by atoms with Crippen LogP contribution in [0.4, 0.5) is 5.69 Å². The van der Waals surface area contributed by atoms with Crippen LogP contribution in [-0.2, 0) is 4.74 Å². The van der Waals surface area contributed by atoms with Gasteiger partial charge in [-0.25, -0.2) is 4.98 Å². The number of morpholine rings is 1. The molecule has 2 aliphatic heterocycles. The number of rotatable bonds is 3. The third-order valence-electron chi connectivity index (χ3n) is 4.01. The van der Waals surface area contributed by atoms with E-state index < -0.39 is 0 Å². The van der Waals surface area contributed by atoms with E-state index in [1.54, 1.807) is 18.3 Å². The molecule has 1 aromatic heterocycles. The molecule has 3 rings (SSSR count). The summed E-state index contributed by atoms with van der Waals surface area (Å²) in [5.74, 6) is -0.241. The fourth-order valence-corrected chi connectivity index (χ4v) is 2.91. The normalized spacial score (nSPS) is 26.2. The third-order valence-corrected chi connectivity index (χ3v) is 4.01. The van der Waals surface area contributed by atoms with E-state index in [1.165, 1.54) is 12.8 Å². The number of carbonyl (C=O) groups is 1. The van der Waals surface area contributed by atoms with Crippen LogP contribution in [0.3, 0.4) is 0 Å². The summed E-state index contributed by atoms with van der Waals surface area (Å²) >= 11 is 0. The number of hydrogen-bond acceptors (Lipinski definition) is 5. The molecule has 2 fully saturated rings. The van der Waals surface area contributed by atoms with E-state index in [2.05, 4.69) is 15.2 Å². The minimum atomic E-state index is -0.241. The second kappa shape index (κ2) is 5.76. The Bertz CT molecular complexity index is 494. The molecule has 1 amide bonds. The van der Waals surface area contributed by atoms with Crippen molar-refractivity contribution >= 4 is 11.6 Å². The molecule has 0 saturated carbocycles. The first-order valence-electron chi connectivity index (χ1n) is 7.08. The molecular weight excluding hydrogens is 256 g/mol. The van der Waals surface area contributed by atoms with E-state index in [9.17, 15) is 4.79 Å². The van der Waals surface area contributed by atoms with Gasteiger partial charge in [0.25, 0.3) is 5.91 Å². The van der Waals surface area contributed by atoms with Crippen LogP contribution < -0.4 is 11.1 Å². The van der Waals surface area contributed by atoms with Crippen LogP contribution in [0.5, 0.6) is 0 Å². The molecule has 0 bridgehead atoms. The van der Waals surface area contributed by atoms with Crippen LogP contribution in [0.25, 0.3) is 0 Å². The lowest BCUT2D eigenvalue weighted by molar-refractivity contribution is -0.0462. The number of pyridine rings is 1. The van der Waals surface area contributed by atoms with Gasteiger partial charge < -0.3 is 15.8 Å². The Morgan fingerprint density at radius 1 is 1.60 bits per heavy atom. The van der Waals surface area contributed by atoms with Crippen molar-refractivity contribution < 1.29 is 9.53 Å². The predicted molar refractivity (Wildman–Crippen MR) is 75.3 cm³/mol. The maximum absolute atomic E-state index is 12.0. The molecule has 0 spiro atoms. The number of nitrogens with one attached hydrogen (secondary N) is 1. The van der Waals surface area contributed by atoms with Gasteiger partial charge in [0, 0.05) is 25.3 Å². The summed E-state index contributed by atoms with van der Waals surface area (Å²) in [6, 6.07) is 3.96. The number of carbonyl (C=O) groups excluding carboxylic acids is 1. The zero-order valence-electron chi connectivity index (χ0n) is 11.4. The van der Waals surface area contributed by atoms with E-state index >= 15 is 0 Å². The van der Waals surface area contributed by atoms with Gasteiger partial charge in [-0.2, -0.15) is 0 Å². The summed E-state index contributed by atoms with van der Waals surface area (Å²) in [5.41, 5.74) is 6.41. The first kappa shape index (κ1) is 13.3. The average Bonchev–Trinajstić information content (AvgIpc) is 2.92. The van der Waals surface area contributed by atoms with Crippen LogP contribution in [0.15, 0.2) is 18.3 Å². The molecule has 2 saturated heterocycles. The van der Waals surface area contributed by atoms with E-state index in [4.69, 9.17) is 10.5 Å². The topological polar surface area (TPSA) is 80.5 Å². The highest BCUT2D eigenvalue weighted by molar-refractivity contribution is 5.96. The van der Waals surface area contributed by atoms with Crippen molar-refractivity contribution in [2.45, 2.75) is 25.0 Å². The molecule has 0 aromatic carbocycles. The molecule has 0 aliphatic carbocycles. The number of nitrogen functional groups attached to an aromatic ring is 1. The third kappa shape index (κ3) is 2.76. The van der Waals surface area contributed by atoms with E-state index in [1.807, 2.05) is 0 Å². The SMILES string of the molecule is Nc1cccnc1C(=O)NCC1CN2CCCC2CO1. The number of fused-ring (bicyclic) bond motifs is 1.